The third kappa shape index (κ3) is 2.46. The molecule has 0 aliphatic carbocycles. The number of hydrogen-bond donors (Lipinski definition) is 0. The fourth-order valence-electron chi connectivity index (χ4n) is 2.21. The van der Waals surface area contributed by atoms with Gasteiger partial charge in [0.05, 0.1) is 12.7 Å². The summed E-state index contributed by atoms with van der Waals surface area (Å²) in [6.45, 7) is 3.04. The summed E-state index contributed by atoms with van der Waals surface area (Å²) < 4.78 is 11.6. The van der Waals surface area contributed by atoms with Crippen molar-refractivity contribution in [2.45, 2.75) is 25.8 Å². The Morgan fingerprint density at radius 3 is 2.72 bits per heavy atom. The van der Waals surface area contributed by atoms with E-state index in [2.05, 4.69) is 0 Å². The van der Waals surface area contributed by atoms with E-state index in [4.69, 9.17) is 9.47 Å². The van der Waals surface area contributed by atoms with Gasteiger partial charge in [0.25, 0.3) is 5.56 Å². The molecule has 0 saturated carbocycles. The molecule has 0 unspecified atom stereocenters. The Labute approximate surface area is 105 Å². The Bertz CT molecular complexity index is 500. The molecule has 0 aromatic carbocycles. The zero-order valence-corrected chi connectivity index (χ0v) is 10.6. The normalized spacial score (nSPS) is 16.6. The number of nitrogens with zero attached hydrogens (tertiary/aromatic N) is 1. The van der Waals surface area contributed by atoms with Crippen molar-refractivity contribution in [1.29, 1.82) is 0 Å². The summed E-state index contributed by atoms with van der Waals surface area (Å²) in [5.41, 5.74) is 1.02. The van der Waals surface area contributed by atoms with Crippen LogP contribution in [-0.4, -0.2) is 30.9 Å². The van der Waals surface area contributed by atoms with Crippen molar-refractivity contribution in [2.24, 2.45) is 0 Å². The highest BCUT2D eigenvalue weighted by Crippen LogP contribution is 2.20. The number of carbonyl (C=O) groups is 1. The first-order valence-corrected chi connectivity index (χ1v) is 6.02. The Morgan fingerprint density at radius 2 is 2.11 bits per heavy atom. The average molecular weight is 251 g/mol. The van der Waals surface area contributed by atoms with Gasteiger partial charge in [0.2, 0.25) is 0 Å². The third-order valence-corrected chi connectivity index (χ3v) is 3.28. The molecular formula is C13H17NO4. The molecule has 5 heteroatoms. The van der Waals surface area contributed by atoms with Crippen LogP contribution in [-0.2, 0) is 9.47 Å². The van der Waals surface area contributed by atoms with Crippen LogP contribution in [0, 0.1) is 6.92 Å². The molecule has 1 aromatic heterocycles. The number of rotatable bonds is 2. The van der Waals surface area contributed by atoms with E-state index in [0.717, 1.165) is 12.8 Å². The number of carbonyl (C=O) groups excluding carboxylic acids is 1. The lowest BCUT2D eigenvalue weighted by Gasteiger charge is -2.24. The molecule has 1 aliphatic heterocycles. The number of aryl methyl sites for hydroxylation is 1. The first-order chi connectivity index (χ1) is 8.63. The van der Waals surface area contributed by atoms with Crippen molar-refractivity contribution in [1.82, 2.24) is 4.57 Å². The number of esters is 1. The molecule has 18 heavy (non-hydrogen) atoms. The van der Waals surface area contributed by atoms with Gasteiger partial charge in [0.15, 0.2) is 0 Å². The quantitative estimate of drug-likeness (QED) is 0.743. The van der Waals surface area contributed by atoms with E-state index in [1.807, 2.05) is 0 Å². The van der Waals surface area contributed by atoms with Crippen LogP contribution in [0.25, 0.3) is 0 Å². The maximum Gasteiger partial charge on any atom is 0.339 e. The van der Waals surface area contributed by atoms with Crippen LogP contribution in [0.2, 0.25) is 0 Å². The van der Waals surface area contributed by atoms with E-state index in [-0.39, 0.29) is 11.6 Å². The number of pyridine rings is 1. The van der Waals surface area contributed by atoms with Crippen molar-refractivity contribution in [3.05, 3.63) is 33.7 Å². The molecule has 1 aliphatic rings. The van der Waals surface area contributed by atoms with Crippen LogP contribution < -0.4 is 5.56 Å². The van der Waals surface area contributed by atoms with Crippen molar-refractivity contribution >= 4 is 5.97 Å². The predicted octanol–water partition coefficient (Wildman–Crippen LogP) is 1.29. The van der Waals surface area contributed by atoms with Gasteiger partial charge in [-0.25, -0.2) is 4.79 Å². The largest absolute Gasteiger partial charge is 0.465 e. The lowest BCUT2D eigenvalue weighted by Crippen LogP contribution is -2.29. The van der Waals surface area contributed by atoms with E-state index in [0.29, 0.717) is 24.3 Å². The number of ether oxygens (including phenoxy) is 2. The Balaban J connectivity index is 2.40. The van der Waals surface area contributed by atoms with Crippen LogP contribution in [0.15, 0.2) is 17.1 Å². The molecule has 0 radical (unpaired) electrons. The van der Waals surface area contributed by atoms with Crippen LogP contribution in [0.4, 0.5) is 0 Å². The summed E-state index contributed by atoms with van der Waals surface area (Å²) in [5, 5.41) is 0. The average Bonchev–Trinajstić information content (AvgIpc) is 2.39. The van der Waals surface area contributed by atoms with Gasteiger partial charge in [0, 0.05) is 31.5 Å². The molecule has 0 atom stereocenters. The molecule has 0 bridgehead atoms. The highest BCUT2D eigenvalue weighted by atomic mass is 16.5. The first-order valence-electron chi connectivity index (χ1n) is 6.02. The van der Waals surface area contributed by atoms with Gasteiger partial charge in [-0.05, 0) is 25.3 Å². The summed E-state index contributed by atoms with van der Waals surface area (Å²) in [7, 11) is 1.34. The monoisotopic (exact) mass is 251 g/mol. The van der Waals surface area contributed by atoms with Gasteiger partial charge in [-0.3, -0.25) is 4.79 Å². The minimum absolute atomic E-state index is 0.0768. The molecule has 1 aromatic rings. The van der Waals surface area contributed by atoms with Gasteiger partial charge >= 0.3 is 5.97 Å². The number of hydrogen-bond acceptors (Lipinski definition) is 4. The molecule has 98 valence electrons. The summed E-state index contributed by atoms with van der Waals surface area (Å²) in [6.07, 6.45) is 3.20. The van der Waals surface area contributed by atoms with Gasteiger partial charge in [0.1, 0.15) is 0 Å². The van der Waals surface area contributed by atoms with E-state index >= 15 is 0 Å². The molecule has 0 N–H and O–H groups in total. The maximum absolute atomic E-state index is 12.0. The maximum atomic E-state index is 12.0. The Kier molecular flexibility index (Phi) is 3.81. The molecule has 5 nitrogen and oxygen atoms in total. The van der Waals surface area contributed by atoms with Crippen LogP contribution in [0.3, 0.4) is 0 Å². The standard InChI is InChI=1S/C13H17NO4/c1-9-7-12(15)14(8-11(9)13(16)17-2)10-3-5-18-6-4-10/h7-8,10H,3-6H2,1-2H3. The van der Waals surface area contributed by atoms with Crippen molar-refractivity contribution in [3.8, 4) is 0 Å². The molecule has 0 amide bonds. The Hall–Kier alpha value is -1.62. The first kappa shape index (κ1) is 12.8. The second kappa shape index (κ2) is 5.35. The number of methoxy groups -OCH3 is 1. The van der Waals surface area contributed by atoms with E-state index < -0.39 is 5.97 Å². The lowest BCUT2D eigenvalue weighted by atomic mass is 10.1. The van der Waals surface area contributed by atoms with Gasteiger partial charge in [-0.1, -0.05) is 0 Å². The van der Waals surface area contributed by atoms with Crippen LogP contribution in [0.1, 0.15) is 34.8 Å². The summed E-state index contributed by atoms with van der Waals surface area (Å²) in [4.78, 5) is 23.6. The fraction of sp³-hybridized carbons (Fsp3) is 0.538. The van der Waals surface area contributed by atoms with E-state index in [1.54, 1.807) is 17.7 Å². The topological polar surface area (TPSA) is 57.5 Å². The second-order valence-corrected chi connectivity index (χ2v) is 4.45. The molecule has 0 spiro atoms. The highest BCUT2D eigenvalue weighted by molar-refractivity contribution is 5.90. The number of aromatic nitrogens is 1. The van der Waals surface area contributed by atoms with Crippen molar-refractivity contribution in [3.63, 3.8) is 0 Å². The van der Waals surface area contributed by atoms with Gasteiger partial charge in [-0.15, -0.1) is 0 Å². The van der Waals surface area contributed by atoms with E-state index in [1.165, 1.54) is 13.2 Å². The lowest BCUT2D eigenvalue weighted by molar-refractivity contribution is 0.0594. The highest BCUT2D eigenvalue weighted by Gasteiger charge is 2.19. The summed E-state index contributed by atoms with van der Waals surface area (Å²) >= 11 is 0. The smallest absolute Gasteiger partial charge is 0.339 e. The predicted molar refractivity (Wildman–Crippen MR) is 65.9 cm³/mol. The molecular weight excluding hydrogens is 234 g/mol. The second-order valence-electron chi connectivity index (χ2n) is 4.45. The van der Waals surface area contributed by atoms with Crippen LogP contribution in [0.5, 0.6) is 0 Å². The summed E-state index contributed by atoms with van der Waals surface area (Å²) in [6, 6.07) is 1.59. The van der Waals surface area contributed by atoms with Gasteiger partial charge < -0.3 is 14.0 Å². The Morgan fingerprint density at radius 1 is 1.44 bits per heavy atom. The molecule has 2 rings (SSSR count). The summed E-state index contributed by atoms with van der Waals surface area (Å²) in [5.74, 6) is -0.409. The SMILES string of the molecule is COC(=O)c1cn(C2CCOCC2)c(=O)cc1C. The van der Waals surface area contributed by atoms with Gasteiger partial charge in [-0.2, -0.15) is 0 Å². The van der Waals surface area contributed by atoms with Crippen molar-refractivity contribution < 1.29 is 14.3 Å². The molecule has 1 fully saturated rings. The minimum Gasteiger partial charge on any atom is -0.465 e. The third-order valence-electron chi connectivity index (χ3n) is 3.28. The molecule has 1 saturated heterocycles. The zero-order valence-electron chi connectivity index (χ0n) is 10.6. The van der Waals surface area contributed by atoms with Crippen molar-refractivity contribution in [2.75, 3.05) is 20.3 Å². The molecule has 2 heterocycles. The zero-order chi connectivity index (χ0) is 13.1. The van der Waals surface area contributed by atoms with E-state index in [9.17, 15) is 9.59 Å². The minimum atomic E-state index is -0.409. The van der Waals surface area contributed by atoms with Crippen LogP contribution >= 0.6 is 0 Å². The fourth-order valence-corrected chi connectivity index (χ4v) is 2.21.